The van der Waals surface area contributed by atoms with Gasteiger partial charge >= 0.3 is 0 Å². The first-order chi connectivity index (χ1) is 11.7. The Bertz CT molecular complexity index is 780. The molecule has 6 heteroatoms. The number of β-amino-alcohol motifs (C(OH)–C–C–N with tert-alkyl or cyclic N) is 1. The van der Waals surface area contributed by atoms with Crippen molar-refractivity contribution in [2.45, 2.75) is 19.2 Å². The first kappa shape index (κ1) is 15.2. The van der Waals surface area contributed by atoms with Crippen LogP contribution < -0.4 is 14.2 Å². The van der Waals surface area contributed by atoms with E-state index in [0.29, 0.717) is 42.4 Å². The Kier molecular flexibility index (Phi) is 3.78. The van der Waals surface area contributed by atoms with E-state index in [2.05, 4.69) is 0 Å². The maximum Gasteiger partial charge on any atom is 0.231 e. The zero-order valence-electron chi connectivity index (χ0n) is 13.3. The van der Waals surface area contributed by atoms with Crippen LogP contribution in [0.1, 0.15) is 22.8 Å². The number of rotatable bonds is 3. The predicted octanol–water partition coefficient (Wildman–Crippen LogP) is 2.61. The molecule has 2 aromatic carbocycles. The molecular formula is C18H18FNO4. The average Bonchev–Trinajstić information content (AvgIpc) is 3.03. The second kappa shape index (κ2) is 5.96. The Morgan fingerprint density at radius 3 is 2.96 bits per heavy atom. The number of aliphatic hydroxyl groups is 1. The molecule has 2 aliphatic heterocycles. The van der Waals surface area contributed by atoms with Crippen LogP contribution >= 0.6 is 0 Å². The molecule has 0 saturated heterocycles. The Balaban J connectivity index is 1.68. The summed E-state index contributed by atoms with van der Waals surface area (Å²) in [5.41, 5.74) is 2.24. The average molecular weight is 331 g/mol. The fourth-order valence-electron chi connectivity index (χ4n) is 3.37. The zero-order valence-corrected chi connectivity index (χ0v) is 13.3. The van der Waals surface area contributed by atoms with E-state index in [1.807, 2.05) is 17.0 Å². The highest BCUT2D eigenvalue weighted by molar-refractivity contribution is 5.61. The van der Waals surface area contributed by atoms with Crippen molar-refractivity contribution in [3.05, 3.63) is 52.8 Å². The van der Waals surface area contributed by atoms with Crippen LogP contribution in [0.25, 0.3) is 0 Å². The smallest absolute Gasteiger partial charge is 0.231 e. The third kappa shape index (κ3) is 2.48. The summed E-state index contributed by atoms with van der Waals surface area (Å²) >= 11 is 0. The lowest BCUT2D eigenvalue weighted by Gasteiger charge is -2.33. The molecule has 126 valence electrons. The molecule has 0 amide bonds. The molecular weight excluding hydrogens is 313 g/mol. The number of nitrogens with zero attached hydrogens (tertiary/aromatic N) is 1. The van der Waals surface area contributed by atoms with Gasteiger partial charge in [-0.15, -0.1) is 0 Å². The summed E-state index contributed by atoms with van der Waals surface area (Å²) in [7, 11) is 1.57. The molecule has 0 unspecified atom stereocenters. The van der Waals surface area contributed by atoms with Crippen molar-refractivity contribution in [3.8, 4) is 17.2 Å². The Hall–Kier alpha value is -2.31. The van der Waals surface area contributed by atoms with Crippen LogP contribution in [0, 0.1) is 5.82 Å². The van der Waals surface area contributed by atoms with E-state index in [1.54, 1.807) is 19.2 Å². The van der Waals surface area contributed by atoms with Gasteiger partial charge in [-0.1, -0.05) is 18.2 Å². The van der Waals surface area contributed by atoms with Crippen LogP contribution in [0.5, 0.6) is 17.2 Å². The first-order valence-corrected chi connectivity index (χ1v) is 7.80. The Labute approximate surface area is 139 Å². The number of benzene rings is 2. The van der Waals surface area contributed by atoms with Crippen LogP contribution in [0.3, 0.4) is 0 Å². The topological polar surface area (TPSA) is 51.2 Å². The highest BCUT2D eigenvalue weighted by Gasteiger charge is 2.32. The molecule has 0 aliphatic carbocycles. The Morgan fingerprint density at radius 1 is 1.33 bits per heavy atom. The predicted molar refractivity (Wildman–Crippen MR) is 84.6 cm³/mol. The molecule has 0 saturated carbocycles. The lowest BCUT2D eigenvalue weighted by Crippen LogP contribution is -2.33. The molecule has 0 aromatic heterocycles. The number of aliphatic hydroxyl groups excluding tert-OH is 1. The molecule has 24 heavy (non-hydrogen) atoms. The fraction of sp³-hybridized carbons (Fsp3) is 0.333. The fourth-order valence-corrected chi connectivity index (χ4v) is 3.37. The zero-order chi connectivity index (χ0) is 16.7. The molecule has 1 N–H and O–H groups in total. The van der Waals surface area contributed by atoms with Crippen LogP contribution in [0.15, 0.2) is 30.3 Å². The summed E-state index contributed by atoms with van der Waals surface area (Å²) in [5.74, 6) is 1.50. The minimum absolute atomic E-state index is 0.142. The van der Waals surface area contributed by atoms with Gasteiger partial charge in [0.1, 0.15) is 5.82 Å². The van der Waals surface area contributed by atoms with Crippen LogP contribution in [0.4, 0.5) is 4.39 Å². The summed E-state index contributed by atoms with van der Waals surface area (Å²) < 4.78 is 30.3. The van der Waals surface area contributed by atoms with Crippen molar-refractivity contribution in [2.24, 2.45) is 0 Å². The minimum Gasteiger partial charge on any atom is -0.492 e. The highest BCUT2D eigenvalue weighted by atomic mass is 19.1. The van der Waals surface area contributed by atoms with Gasteiger partial charge in [0.2, 0.25) is 12.5 Å². The van der Waals surface area contributed by atoms with Crippen molar-refractivity contribution in [1.82, 2.24) is 4.90 Å². The highest BCUT2D eigenvalue weighted by Crippen LogP contribution is 2.48. The maximum atomic E-state index is 13.9. The van der Waals surface area contributed by atoms with Gasteiger partial charge in [-0.25, -0.2) is 4.39 Å². The van der Waals surface area contributed by atoms with E-state index in [-0.39, 0.29) is 12.6 Å². The van der Waals surface area contributed by atoms with E-state index in [1.165, 1.54) is 6.07 Å². The second-order valence-electron chi connectivity index (χ2n) is 5.99. The molecule has 0 spiro atoms. The third-order valence-corrected chi connectivity index (χ3v) is 4.48. The van der Waals surface area contributed by atoms with Gasteiger partial charge in [0.15, 0.2) is 11.5 Å². The molecule has 0 radical (unpaired) electrons. The van der Waals surface area contributed by atoms with E-state index in [9.17, 15) is 9.50 Å². The number of halogens is 1. The molecule has 2 aromatic rings. The number of ether oxygens (including phenoxy) is 3. The van der Waals surface area contributed by atoms with Gasteiger partial charge < -0.3 is 19.3 Å². The largest absolute Gasteiger partial charge is 0.492 e. The standard InChI is InChI=1S/C18H18FNO4/c1-22-17-13-8-20(7-11-4-2-3-5-14(11)19)9-15(21)12(13)6-16-18(17)24-10-23-16/h2-6,15,21H,7-10H2,1H3/t15-/m0/s1. The van der Waals surface area contributed by atoms with Gasteiger partial charge in [-0.3, -0.25) is 4.90 Å². The van der Waals surface area contributed by atoms with Crippen molar-refractivity contribution in [2.75, 3.05) is 20.4 Å². The normalized spacial score (nSPS) is 19.2. The summed E-state index contributed by atoms with van der Waals surface area (Å²) in [6, 6.07) is 8.50. The SMILES string of the molecule is COc1c2c(cc3c1OCO3)[C@@H](O)CN(Cc1ccccc1F)C2. The van der Waals surface area contributed by atoms with Crippen molar-refractivity contribution < 1.29 is 23.7 Å². The summed E-state index contributed by atoms with van der Waals surface area (Å²) in [6.45, 7) is 1.52. The van der Waals surface area contributed by atoms with E-state index < -0.39 is 6.10 Å². The second-order valence-corrected chi connectivity index (χ2v) is 5.99. The lowest BCUT2D eigenvalue weighted by atomic mass is 9.95. The quantitative estimate of drug-likeness (QED) is 0.937. The number of fused-ring (bicyclic) bond motifs is 2. The monoisotopic (exact) mass is 331 g/mol. The molecule has 0 bridgehead atoms. The summed E-state index contributed by atoms with van der Waals surface area (Å²) in [4.78, 5) is 2.00. The first-order valence-electron chi connectivity index (χ1n) is 7.80. The van der Waals surface area contributed by atoms with E-state index in [0.717, 1.165) is 11.1 Å². The van der Waals surface area contributed by atoms with Crippen LogP contribution in [-0.2, 0) is 13.1 Å². The summed E-state index contributed by atoms with van der Waals surface area (Å²) in [6.07, 6.45) is -0.691. The molecule has 5 nitrogen and oxygen atoms in total. The number of hydrogen-bond acceptors (Lipinski definition) is 5. The van der Waals surface area contributed by atoms with Gasteiger partial charge in [0.25, 0.3) is 0 Å². The summed E-state index contributed by atoms with van der Waals surface area (Å²) in [5, 5.41) is 10.5. The van der Waals surface area contributed by atoms with Gasteiger partial charge in [0.05, 0.1) is 13.2 Å². The van der Waals surface area contributed by atoms with Gasteiger partial charge in [0, 0.05) is 30.8 Å². The molecule has 1 atom stereocenters. The minimum atomic E-state index is -0.691. The van der Waals surface area contributed by atoms with Crippen LogP contribution in [-0.4, -0.2) is 30.5 Å². The van der Waals surface area contributed by atoms with Gasteiger partial charge in [-0.2, -0.15) is 0 Å². The lowest BCUT2D eigenvalue weighted by molar-refractivity contribution is 0.0860. The number of hydrogen-bond donors (Lipinski definition) is 1. The van der Waals surface area contributed by atoms with Crippen molar-refractivity contribution in [3.63, 3.8) is 0 Å². The maximum absolute atomic E-state index is 13.9. The molecule has 2 heterocycles. The van der Waals surface area contributed by atoms with Crippen molar-refractivity contribution >= 4 is 0 Å². The number of methoxy groups -OCH3 is 1. The molecule has 4 rings (SSSR count). The van der Waals surface area contributed by atoms with E-state index >= 15 is 0 Å². The third-order valence-electron chi connectivity index (χ3n) is 4.48. The molecule has 0 fully saturated rings. The van der Waals surface area contributed by atoms with Gasteiger partial charge in [-0.05, 0) is 17.7 Å². The van der Waals surface area contributed by atoms with E-state index in [4.69, 9.17) is 14.2 Å². The Morgan fingerprint density at radius 2 is 2.17 bits per heavy atom. The van der Waals surface area contributed by atoms with Crippen LogP contribution in [0.2, 0.25) is 0 Å². The van der Waals surface area contributed by atoms with Crippen molar-refractivity contribution in [1.29, 1.82) is 0 Å². The molecule has 2 aliphatic rings.